The third-order valence-corrected chi connectivity index (χ3v) is 3.98. The van der Waals surface area contributed by atoms with Crippen LogP contribution in [-0.4, -0.2) is 50.3 Å². The van der Waals surface area contributed by atoms with E-state index in [1.807, 2.05) is 24.8 Å². The van der Waals surface area contributed by atoms with Gasteiger partial charge >= 0.3 is 5.69 Å². The molecule has 2 unspecified atom stereocenters. The maximum atomic E-state index is 12.4. The van der Waals surface area contributed by atoms with Gasteiger partial charge in [-0.15, -0.1) is 5.10 Å². The number of rotatable bonds is 3. The number of morpholine rings is 1. The van der Waals surface area contributed by atoms with E-state index >= 15 is 0 Å². The van der Waals surface area contributed by atoms with Crippen molar-refractivity contribution in [2.24, 2.45) is 0 Å². The van der Waals surface area contributed by atoms with Crippen molar-refractivity contribution in [2.45, 2.75) is 38.9 Å². The number of hydrogen-bond acceptors (Lipinski definition) is 4. The molecule has 0 saturated carbocycles. The molecular weight excluding hydrogens is 284 g/mol. The lowest BCUT2D eigenvalue weighted by atomic mass is 10.1. The molecule has 7 nitrogen and oxygen atoms in total. The fourth-order valence-electron chi connectivity index (χ4n) is 2.94. The van der Waals surface area contributed by atoms with Crippen molar-refractivity contribution in [1.82, 2.24) is 19.1 Å². The molecule has 0 spiro atoms. The Balaban J connectivity index is 1.72. The summed E-state index contributed by atoms with van der Waals surface area (Å²) in [6.07, 6.45) is 1.94. The van der Waals surface area contributed by atoms with Crippen LogP contribution in [0.5, 0.6) is 0 Å². The summed E-state index contributed by atoms with van der Waals surface area (Å²) in [4.78, 5) is 26.5. The molecule has 0 radical (unpaired) electrons. The number of nitrogens with zero attached hydrogens (tertiary/aromatic N) is 4. The van der Waals surface area contributed by atoms with E-state index in [9.17, 15) is 9.59 Å². The van der Waals surface area contributed by atoms with E-state index in [-0.39, 0.29) is 36.6 Å². The molecule has 0 aromatic carbocycles. The van der Waals surface area contributed by atoms with Crippen molar-refractivity contribution < 1.29 is 9.53 Å². The molecule has 1 saturated heterocycles. The number of pyridine rings is 1. The first-order chi connectivity index (χ1) is 10.6. The predicted molar refractivity (Wildman–Crippen MR) is 80.7 cm³/mol. The third kappa shape index (κ3) is 2.64. The molecule has 2 aromatic heterocycles. The summed E-state index contributed by atoms with van der Waals surface area (Å²) < 4.78 is 8.26. The number of carbonyl (C=O) groups excluding carboxylic acids is 1. The molecule has 7 heteroatoms. The van der Waals surface area contributed by atoms with Crippen molar-refractivity contribution in [3.8, 4) is 0 Å². The van der Waals surface area contributed by atoms with Crippen LogP contribution in [-0.2, 0) is 16.1 Å². The van der Waals surface area contributed by atoms with Crippen LogP contribution >= 0.6 is 0 Å². The molecule has 2 aromatic rings. The summed E-state index contributed by atoms with van der Waals surface area (Å²) in [5, 5.41) is 4.24. The standard InChI is InChI=1S/C15H20N4O3/c1-11-9-22-10-12(2)19(11)14(20)6-8-18-15(21)17-7-4-3-5-13(17)16-18/h3-5,7,11-12H,6,8-10H2,1-2H3. The van der Waals surface area contributed by atoms with Crippen molar-refractivity contribution in [1.29, 1.82) is 0 Å². The Bertz CT molecular complexity index is 726. The minimum Gasteiger partial charge on any atom is -0.377 e. The summed E-state index contributed by atoms with van der Waals surface area (Å²) in [5.41, 5.74) is 0.375. The molecule has 1 amide bonds. The van der Waals surface area contributed by atoms with E-state index in [1.54, 1.807) is 18.3 Å². The molecule has 118 valence electrons. The van der Waals surface area contributed by atoms with Gasteiger partial charge in [-0.1, -0.05) is 6.07 Å². The Kier molecular flexibility index (Phi) is 3.98. The number of hydrogen-bond donors (Lipinski definition) is 0. The van der Waals surface area contributed by atoms with Crippen LogP contribution in [0.15, 0.2) is 29.2 Å². The molecule has 22 heavy (non-hydrogen) atoms. The second-order valence-corrected chi connectivity index (χ2v) is 5.72. The van der Waals surface area contributed by atoms with Gasteiger partial charge in [-0.3, -0.25) is 9.20 Å². The second kappa shape index (κ2) is 5.92. The van der Waals surface area contributed by atoms with Crippen LogP contribution in [0.3, 0.4) is 0 Å². The Morgan fingerprint density at radius 3 is 2.73 bits per heavy atom. The first-order valence-electron chi connectivity index (χ1n) is 7.51. The number of aromatic nitrogens is 3. The Morgan fingerprint density at radius 2 is 2.05 bits per heavy atom. The summed E-state index contributed by atoms with van der Waals surface area (Å²) in [5.74, 6) is 0.0345. The fourth-order valence-corrected chi connectivity index (χ4v) is 2.94. The molecule has 1 fully saturated rings. The molecule has 3 rings (SSSR count). The van der Waals surface area contributed by atoms with E-state index in [1.165, 1.54) is 9.08 Å². The molecule has 1 aliphatic rings. The number of ether oxygens (including phenoxy) is 1. The van der Waals surface area contributed by atoms with E-state index < -0.39 is 0 Å². The van der Waals surface area contributed by atoms with Gasteiger partial charge in [-0.25, -0.2) is 9.48 Å². The van der Waals surface area contributed by atoms with Crippen LogP contribution in [0.1, 0.15) is 20.3 Å². The third-order valence-electron chi connectivity index (χ3n) is 3.98. The van der Waals surface area contributed by atoms with Crippen LogP contribution in [0, 0.1) is 0 Å². The average molecular weight is 304 g/mol. The number of fused-ring (bicyclic) bond motifs is 1. The molecule has 3 heterocycles. The summed E-state index contributed by atoms with van der Waals surface area (Å²) >= 11 is 0. The highest BCUT2D eigenvalue weighted by Crippen LogP contribution is 2.14. The van der Waals surface area contributed by atoms with E-state index in [2.05, 4.69) is 5.10 Å². The summed E-state index contributed by atoms with van der Waals surface area (Å²) in [6.45, 7) is 5.36. The molecule has 0 bridgehead atoms. The average Bonchev–Trinajstić information content (AvgIpc) is 2.82. The van der Waals surface area contributed by atoms with Gasteiger partial charge in [0.15, 0.2) is 5.65 Å². The first-order valence-corrected chi connectivity index (χ1v) is 7.51. The number of carbonyl (C=O) groups is 1. The lowest BCUT2D eigenvalue weighted by Crippen LogP contribution is -2.52. The highest BCUT2D eigenvalue weighted by Gasteiger charge is 2.29. The van der Waals surface area contributed by atoms with E-state index in [4.69, 9.17) is 4.74 Å². The zero-order chi connectivity index (χ0) is 15.7. The molecule has 1 aliphatic heterocycles. The molecule has 0 N–H and O–H groups in total. The maximum Gasteiger partial charge on any atom is 0.350 e. The van der Waals surface area contributed by atoms with Crippen LogP contribution in [0.2, 0.25) is 0 Å². The van der Waals surface area contributed by atoms with E-state index in [0.29, 0.717) is 18.9 Å². The lowest BCUT2D eigenvalue weighted by molar-refractivity contribution is -0.144. The SMILES string of the molecule is CC1COCC(C)N1C(=O)CCn1nc2ccccn2c1=O. The van der Waals surface area contributed by atoms with Crippen molar-refractivity contribution in [2.75, 3.05) is 13.2 Å². The zero-order valence-corrected chi connectivity index (χ0v) is 12.8. The van der Waals surface area contributed by atoms with Gasteiger partial charge in [0.1, 0.15) is 0 Å². The molecule has 0 aliphatic carbocycles. The summed E-state index contributed by atoms with van der Waals surface area (Å²) in [6, 6.07) is 5.51. The maximum absolute atomic E-state index is 12.4. The van der Waals surface area contributed by atoms with Crippen LogP contribution in [0.25, 0.3) is 5.65 Å². The van der Waals surface area contributed by atoms with Gasteiger partial charge < -0.3 is 9.64 Å². The second-order valence-electron chi connectivity index (χ2n) is 5.72. The van der Waals surface area contributed by atoms with Crippen molar-refractivity contribution in [3.63, 3.8) is 0 Å². The van der Waals surface area contributed by atoms with Gasteiger partial charge in [0.05, 0.1) is 31.8 Å². The fraction of sp³-hybridized carbons (Fsp3) is 0.533. The quantitative estimate of drug-likeness (QED) is 0.829. The Hall–Kier alpha value is -2.15. The van der Waals surface area contributed by atoms with Crippen LogP contribution < -0.4 is 5.69 Å². The van der Waals surface area contributed by atoms with Crippen molar-refractivity contribution >= 4 is 11.6 Å². The van der Waals surface area contributed by atoms with Gasteiger partial charge in [0.25, 0.3) is 0 Å². The molecular formula is C15H20N4O3. The van der Waals surface area contributed by atoms with Gasteiger partial charge in [-0.05, 0) is 26.0 Å². The van der Waals surface area contributed by atoms with E-state index in [0.717, 1.165) is 0 Å². The summed E-state index contributed by atoms with van der Waals surface area (Å²) in [7, 11) is 0. The van der Waals surface area contributed by atoms with Crippen molar-refractivity contribution in [3.05, 3.63) is 34.9 Å². The Morgan fingerprint density at radius 1 is 1.32 bits per heavy atom. The minimum absolute atomic E-state index is 0.0345. The van der Waals surface area contributed by atoms with Gasteiger partial charge in [0, 0.05) is 12.6 Å². The first kappa shape index (κ1) is 14.8. The largest absolute Gasteiger partial charge is 0.377 e. The highest BCUT2D eigenvalue weighted by molar-refractivity contribution is 5.76. The zero-order valence-electron chi connectivity index (χ0n) is 12.8. The number of amides is 1. The number of aryl methyl sites for hydroxylation is 1. The van der Waals surface area contributed by atoms with Crippen LogP contribution in [0.4, 0.5) is 0 Å². The highest BCUT2D eigenvalue weighted by atomic mass is 16.5. The smallest absolute Gasteiger partial charge is 0.350 e. The lowest BCUT2D eigenvalue weighted by Gasteiger charge is -2.38. The normalized spacial score (nSPS) is 22.2. The predicted octanol–water partition coefficient (Wildman–Crippen LogP) is 0.522. The topological polar surface area (TPSA) is 68.8 Å². The Labute approximate surface area is 128 Å². The monoisotopic (exact) mass is 304 g/mol. The van der Waals surface area contributed by atoms with Gasteiger partial charge in [0.2, 0.25) is 5.91 Å². The van der Waals surface area contributed by atoms with Gasteiger partial charge in [-0.2, -0.15) is 0 Å². The minimum atomic E-state index is -0.216. The molecule has 2 atom stereocenters.